The molecule has 1 rings (SSSR count). The van der Waals surface area contributed by atoms with Crippen molar-refractivity contribution in [2.75, 3.05) is 6.61 Å². The lowest BCUT2D eigenvalue weighted by Crippen LogP contribution is -2.15. The van der Waals surface area contributed by atoms with E-state index in [1.807, 2.05) is 6.21 Å². The van der Waals surface area contributed by atoms with Crippen LogP contribution in [0.2, 0.25) is 0 Å². The quantitative estimate of drug-likeness (QED) is 0.641. The first-order valence-corrected chi connectivity index (χ1v) is 4.84. The average molecular weight is 181 g/mol. The SMILES string of the molecule is CC1C=NC(OCC(C)(C)C)=CC1. The molecule has 0 aliphatic carbocycles. The highest BCUT2D eigenvalue weighted by atomic mass is 16.5. The Morgan fingerprint density at radius 1 is 1.54 bits per heavy atom. The molecular formula is C11H19NO. The van der Waals surface area contributed by atoms with Gasteiger partial charge in [-0.2, -0.15) is 0 Å². The number of hydrogen-bond donors (Lipinski definition) is 0. The molecule has 1 heterocycles. The minimum atomic E-state index is 0.208. The maximum Gasteiger partial charge on any atom is 0.208 e. The first-order chi connectivity index (χ1) is 5.97. The van der Waals surface area contributed by atoms with Crippen LogP contribution in [0.15, 0.2) is 17.0 Å². The van der Waals surface area contributed by atoms with Crippen LogP contribution in [0, 0.1) is 11.3 Å². The second-order valence-electron chi connectivity index (χ2n) is 4.88. The molecule has 0 spiro atoms. The van der Waals surface area contributed by atoms with E-state index in [-0.39, 0.29) is 5.41 Å². The van der Waals surface area contributed by atoms with E-state index < -0.39 is 0 Å². The summed E-state index contributed by atoms with van der Waals surface area (Å²) in [5.41, 5.74) is 0.208. The van der Waals surface area contributed by atoms with Crippen LogP contribution in [0.1, 0.15) is 34.1 Å². The summed E-state index contributed by atoms with van der Waals surface area (Å²) in [7, 11) is 0. The van der Waals surface area contributed by atoms with Crippen LogP contribution in [-0.4, -0.2) is 12.8 Å². The van der Waals surface area contributed by atoms with Gasteiger partial charge in [-0.1, -0.05) is 27.7 Å². The molecule has 0 aromatic heterocycles. The van der Waals surface area contributed by atoms with E-state index >= 15 is 0 Å². The Balaban J connectivity index is 2.36. The Kier molecular flexibility index (Phi) is 3.12. The Hall–Kier alpha value is -0.790. The predicted molar refractivity (Wildman–Crippen MR) is 55.8 cm³/mol. The van der Waals surface area contributed by atoms with Gasteiger partial charge in [0.2, 0.25) is 5.88 Å². The van der Waals surface area contributed by atoms with Crippen molar-refractivity contribution in [1.82, 2.24) is 0 Å². The molecule has 0 bridgehead atoms. The largest absolute Gasteiger partial charge is 0.477 e. The molecule has 2 heteroatoms. The monoisotopic (exact) mass is 181 g/mol. The number of allylic oxidation sites excluding steroid dienone is 1. The molecule has 2 nitrogen and oxygen atoms in total. The molecule has 0 saturated heterocycles. The highest BCUT2D eigenvalue weighted by Crippen LogP contribution is 2.18. The van der Waals surface area contributed by atoms with E-state index in [2.05, 4.69) is 38.8 Å². The summed E-state index contributed by atoms with van der Waals surface area (Å²) in [5.74, 6) is 1.34. The lowest BCUT2D eigenvalue weighted by Gasteiger charge is -2.20. The van der Waals surface area contributed by atoms with Gasteiger partial charge in [0.05, 0.1) is 6.61 Å². The van der Waals surface area contributed by atoms with Gasteiger partial charge in [-0.15, -0.1) is 0 Å². The minimum absolute atomic E-state index is 0.208. The van der Waals surface area contributed by atoms with E-state index in [1.54, 1.807) is 0 Å². The van der Waals surface area contributed by atoms with E-state index in [0.717, 1.165) is 18.9 Å². The summed E-state index contributed by atoms with van der Waals surface area (Å²) >= 11 is 0. The number of aliphatic imine (C=N–C) groups is 1. The van der Waals surface area contributed by atoms with E-state index in [9.17, 15) is 0 Å². The van der Waals surface area contributed by atoms with Gasteiger partial charge < -0.3 is 4.74 Å². The molecule has 0 radical (unpaired) electrons. The first-order valence-electron chi connectivity index (χ1n) is 4.84. The number of hydrogen-bond acceptors (Lipinski definition) is 2. The maximum atomic E-state index is 5.56. The average Bonchev–Trinajstić information content (AvgIpc) is 2.02. The lowest BCUT2D eigenvalue weighted by molar-refractivity contribution is 0.124. The molecule has 1 atom stereocenters. The van der Waals surface area contributed by atoms with E-state index in [4.69, 9.17) is 4.74 Å². The van der Waals surface area contributed by atoms with Crippen LogP contribution < -0.4 is 0 Å². The highest BCUT2D eigenvalue weighted by molar-refractivity contribution is 5.63. The van der Waals surface area contributed by atoms with Crippen LogP contribution in [0.5, 0.6) is 0 Å². The second kappa shape index (κ2) is 3.95. The number of ether oxygens (including phenoxy) is 1. The van der Waals surface area contributed by atoms with Crippen LogP contribution in [0.4, 0.5) is 0 Å². The molecule has 0 aromatic rings. The third-order valence-corrected chi connectivity index (χ3v) is 1.77. The van der Waals surface area contributed by atoms with Gasteiger partial charge in [0.1, 0.15) is 0 Å². The van der Waals surface area contributed by atoms with Crippen LogP contribution in [-0.2, 0) is 4.74 Å². The van der Waals surface area contributed by atoms with Crippen molar-refractivity contribution < 1.29 is 4.74 Å². The van der Waals surface area contributed by atoms with Crippen molar-refractivity contribution in [1.29, 1.82) is 0 Å². The van der Waals surface area contributed by atoms with Gasteiger partial charge in [0.25, 0.3) is 0 Å². The molecule has 0 amide bonds. The molecule has 1 aliphatic rings. The van der Waals surface area contributed by atoms with Crippen molar-refractivity contribution in [3.05, 3.63) is 12.0 Å². The Morgan fingerprint density at radius 2 is 2.23 bits per heavy atom. The van der Waals surface area contributed by atoms with Crippen LogP contribution in [0.25, 0.3) is 0 Å². The summed E-state index contributed by atoms with van der Waals surface area (Å²) in [6, 6.07) is 0. The lowest BCUT2D eigenvalue weighted by atomic mass is 9.99. The third kappa shape index (κ3) is 4.11. The van der Waals surface area contributed by atoms with Crippen LogP contribution >= 0.6 is 0 Å². The third-order valence-electron chi connectivity index (χ3n) is 1.77. The Labute approximate surface area is 80.7 Å². The molecule has 74 valence electrons. The summed E-state index contributed by atoms with van der Waals surface area (Å²) in [6.07, 6.45) is 5.07. The molecular weight excluding hydrogens is 162 g/mol. The fraction of sp³-hybridized carbons (Fsp3) is 0.727. The smallest absolute Gasteiger partial charge is 0.208 e. The Morgan fingerprint density at radius 3 is 2.69 bits per heavy atom. The minimum Gasteiger partial charge on any atom is -0.477 e. The van der Waals surface area contributed by atoms with Gasteiger partial charge >= 0.3 is 0 Å². The zero-order valence-corrected chi connectivity index (χ0v) is 9.00. The Bertz CT molecular complexity index is 223. The van der Waals surface area contributed by atoms with Crippen molar-refractivity contribution in [3.8, 4) is 0 Å². The molecule has 0 N–H and O–H groups in total. The predicted octanol–water partition coefficient (Wildman–Crippen LogP) is 3.00. The molecule has 0 aromatic carbocycles. The summed E-state index contributed by atoms with van der Waals surface area (Å²) in [6.45, 7) is 9.35. The van der Waals surface area contributed by atoms with E-state index in [0.29, 0.717) is 5.92 Å². The number of nitrogens with zero attached hydrogens (tertiary/aromatic N) is 1. The highest BCUT2D eigenvalue weighted by Gasteiger charge is 2.13. The van der Waals surface area contributed by atoms with Crippen molar-refractivity contribution in [3.63, 3.8) is 0 Å². The summed E-state index contributed by atoms with van der Waals surface area (Å²) in [5, 5.41) is 0. The zero-order chi connectivity index (χ0) is 9.90. The molecule has 13 heavy (non-hydrogen) atoms. The van der Waals surface area contributed by atoms with Crippen LogP contribution in [0.3, 0.4) is 0 Å². The van der Waals surface area contributed by atoms with Gasteiger partial charge in [0.15, 0.2) is 0 Å². The summed E-state index contributed by atoms with van der Waals surface area (Å²) in [4.78, 5) is 4.23. The topological polar surface area (TPSA) is 21.6 Å². The van der Waals surface area contributed by atoms with Crippen molar-refractivity contribution >= 4 is 6.21 Å². The van der Waals surface area contributed by atoms with Gasteiger partial charge in [-0.3, -0.25) is 0 Å². The van der Waals surface area contributed by atoms with Gasteiger partial charge in [-0.05, 0) is 23.8 Å². The summed E-state index contributed by atoms with van der Waals surface area (Å²) < 4.78 is 5.56. The van der Waals surface area contributed by atoms with Crippen molar-refractivity contribution in [2.45, 2.75) is 34.1 Å². The fourth-order valence-corrected chi connectivity index (χ4v) is 0.988. The maximum absolute atomic E-state index is 5.56. The molecule has 0 fully saturated rings. The zero-order valence-electron chi connectivity index (χ0n) is 9.00. The first kappa shape index (κ1) is 10.3. The van der Waals surface area contributed by atoms with Crippen molar-refractivity contribution in [2.24, 2.45) is 16.3 Å². The molecule has 0 saturated carbocycles. The number of rotatable bonds is 2. The van der Waals surface area contributed by atoms with Gasteiger partial charge in [-0.25, -0.2) is 4.99 Å². The fourth-order valence-electron chi connectivity index (χ4n) is 0.988. The second-order valence-corrected chi connectivity index (χ2v) is 4.88. The molecule has 1 aliphatic heterocycles. The van der Waals surface area contributed by atoms with E-state index in [1.165, 1.54) is 0 Å². The normalized spacial score (nSPS) is 22.8. The van der Waals surface area contributed by atoms with Gasteiger partial charge in [0, 0.05) is 6.21 Å². The standard InChI is InChI=1S/C11H19NO/c1-9-5-6-10(12-7-9)13-8-11(2,3)4/h6-7,9H,5,8H2,1-4H3. The molecule has 1 unspecified atom stereocenters.